The van der Waals surface area contributed by atoms with Crippen LogP contribution in [0.25, 0.3) is 0 Å². The average Bonchev–Trinajstić information content (AvgIpc) is 3.01. The van der Waals surface area contributed by atoms with Crippen molar-refractivity contribution in [2.75, 3.05) is 19.5 Å². The number of anilines is 1. The third-order valence-electron chi connectivity index (χ3n) is 3.99. The third kappa shape index (κ3) is 2.79. The first kappa shape index (κ1) is 15.2. The summed E-state index contributed by atoms with van der Waals surface area (Å²) in [5, 5.41) is 11.9. The number of carboxylic acids is 1. The zero-order chi connectivity index (χ0) is 15.8. The quantitative estimate of drug-likeness (QED) is 0.867. The zero-order valence-electron chi connectivity index (χ0n) is 12.5. The van der Waals surface area contributed by atoms with Gasteiger partial charge in [0, 0.05) is 23.9 Å². The molecule has 1 aliphatic carbocycles. The Bertz CT molecular complexity index is 559. The number of nitrogens with one attached hydrogen (secondary N) is 1. The Morgan fingerprint density at radius 1 is 1.10 bits per heavy atom. The van der Waals surface area contributed by atoms with Gasteiger partial charge in [0.1, 0.15) is 11.5 Å². The van der Waals surface area contributed by atoms with E-state index in [1.165, 1.54) is 14.2 Å². The first-order valence-corrected chi connectivity index (χ1v) is 6.58. The fourth-order valence-electron chi connectivity index (χ4n) is 2.69. The van der Waals surface area contributed by atoms with Gasteiger partial charge in [-0.3, -0.25) is 9.59 Å². The molecule has 2 atom stereocenters. The highest BCUT2D eigenvalue weighted by Crippen LogP contribution is 2.58. The smallest absolute Gasteiger partial charge is 0.307 e. The molecular weight excluding hydrogens is 274 g/mol. The van der Waals surface area contributed by atoms with Crippen LogP contribution in [0.15, 0.2) is 18.2 Å². The van der Waals surface area contributed by atoms with E-state index in [-0.39, 0.29) is 5.91 Å². The van der Waals surface area contributed by atoms with Crippen LogP contribution in [0.5, 0.6) is 11.5 Å². The van der Waals surface area contributed by atoms with Crippen LogP contribution in [0.1, 0.15) is 13.8 Å². The molecule has 2 N–H and O–H groups in total. The van der Waals surface area contributed by atoms with Gasteiger partial charge in [-0.15, -0.1) is 0 Å². The SMILES string of the molecule is COc1cc(NC(=O)C2C(C(=O)O)C2(C)C)cc(OC)c1. The number of amides is 1. The summed E-state index contributed by atoms with van der Waals surface area (Å²) in [6.45, 7) is 3.56. The minimum atomic E-state index is -0.941. The van der Waals surface area contributed by atoms with E-state index >= 15 is 0 Å². The summed E-state index contributed by atoms with van der Waals surface area (Å²) in [5.41, 5.74) is -0.0122. The molecule has 0 spiro atoms. The normalized spacial score (nSPS) is 22.3. The standard InChI is InChI=1S/C15H19NO5/c1-15(2)11(12(15)14(18)19)13(17)16-8-5-9(20-3)7-10(6-8)21-4/h5-7,11-12H,1-4H3,(H,16,17)(H,18,19). The molecule has 6 nitrogen and oxygen atoms in total. The molecule has 6 heteroatoms. The van der Waals surface area contributed by atoms with Crippen molar-refractivity contribution < 1.29 is 24.2 Å². The minimum absolute atomic E-state index is 0.303. The van der Waals surface area contributed by atoms with Gasteiger partial charge >= 0.3 is 5.97 Å². The lowest BCUT2D eigenvalue weighted by Gasteiger charge is -2.10. The fraction of sp³-hybridized carbons (Fsp3) is 0.467. The molecule has 0 aromatic heterocycles. The minimum Gasteiger partial charge on any atom is -0.497 e. The van der Waals surface area contributed by atoms with Gasteiger partial charge in [-0.1, -0.05) is 13.8 Å². The number of carbonyl (C=O) groups excluding carboxylic acids is 1. The average molecular weight is 293 g/mol. The van der Waals surface area contributed by atoms with Crippen molar-refractivity contribution in [1.82, 2.24) is 0 Å². The Balaban J connectivity index is 2.16. The Kier molecular flexibility index (Phi) is 3.80. The Morgan fingerprint density at radius 2 is 1.62 bits per heavy atom. The molecular formula is C15H19NO5. The van der Waals surface area contributed by atoms with Gasteiger partial charge < -0.3 is 19.9 Å². The number of ether oxygens (including phenoxy) is 2. The molecule has 0 radical (unpaired) electrons. The van der Waals surface area contributed by atoms with Gasteiger partial charge in [-0.25, -0.2) is 0 Å². The van der Waals surface area contributed by atoms with E-state index in [0.29, 0.717) is 17.2 Å². The van der Waals surface area contributed by atoms with Gasteiger partial charge in [-0.05, 0) is 5.41 Å². The van der Waals surface area contributed by atoms with Gasteiger partial charge in [0.2, 0.25) is 5.91 Å². The molecule has 1 aliphatic rings. The first-order valence-electron chi connectivity index (χ1n) is 6.58. The summed E-state index contributed by atoms with van der Waals surface area (Å²) in [6.07, 6.45) is 0. The van der Waals surface area contributed by atoms with Crippen molar-refractivity contribution >= 4 is 17.6 Å². The molecule has 1 aromatic carbocycles. The van der Waals surface area contributed by atoms with E-state index in [0.717, 1.165) is 0 Å². The molecule has 1 fully saturated rings. The summed E-state index contributed by atoms with van der Waals surface area (Å²) >= 11 is 0. The molecule has 0 saturated heterocycles. The first-order chi connectivity index (χ1) is 9.81. The lowest BCUT2D eigenvalue weighted by atomic mass is 10.1. The van der Waals surface area contributed by atoms with E-state index in [1.807, 2.05) is 0 Å². The fourth-order valence-corrected chi connectivity index (χ4v) is 2.69. The van der Waals surface area contributed by atoms with E-state index in [4.69, 9.17) is 14.6 Å². The Morgan fingerprint density at radius 3 is 2.00 bits per heavy atom. The Labute approximate surface area is 123 Å². The van der Waals surface area contributed by atoms with Crippen LogP contribution in [0.2, 0.25) is 0 Å². The predicted octanol–water partition coefficient (Wildman–Crippen LogP) is 2.00. The van der Waals surface area contributed by atoms with Crippen LogP contribution in [-0.2, 0) is 9.59 Å². The van der Waals surface area contributed by atoms with Crippen molar-refractivity contribution in [3.8, 4) is 11.5 Å². The highest BCUT2D eigenvalue weighted by atomic mass is 16.5. The number of rotatable bonds is 5. The maximum absolute atomic E-state index is 12.2. The van der Waals surface area contributed by atoms with Crippen LogP contribution in [-0.4, -0.2) is 31.2 Å². The van der Waals surface area contributed by atoms with Gasteiger partial charge in [0.05, 0.1) is 26.1 Å². The number of hydrogen-bond acceptors (Lipinski definition) is 4. The topological polar surface area (TPSA) is 84.9 Å². The number of methoxy groups -OCH3 is 2. The molecule has 1 amide bonds. The second-order valence-corrected chi connectivity index (χ2v) is 5.71. The van der Waals surface area contributed by atoms with E-state index in [2.05, 4.69) is 5.32 Å². The van der Waals surface area contributed by atoms with Gasteiger partial charge in [-0.2, -0.15) is 0 Å². The summed E-state index contributed by atoms with van der Waals surface area (Å²) < 4.78 is 10.3. The van der Waals surface area contributed by atoms with Crippen LogP contribution in [0.3, 0.4) is 0 Å². The molecule has 1 aromatic rings. The van der Waals surface area contributed by atoms with Gasteiger partial charge in [0.25, 0.3) is 0 Å². The second kappa shape index (κ2) is 5.27. The number of carboxylic acid groups (broad SMARTS) is 1. The number of carbonyl (C=O) groups is 2. The molecule has 2 unspecified atom stereocenters. The lowest BCUT2D eigenvalue weighted by Crippen LogP contribution is -2.17. The lowest BCUT2D eigenvalue weighted by molar-refractivity contribution is -0.140. The number of benzene rings is 1. The molecule has 0 bridgehead atoms. The summed E-state index contributed by atoms with van der Waals surface area (Å²) in [4.78, 5) is 23.4. The van der Waals surface area contributed by atoms with E-state index in [9.17, 15) is 9.59 Å². The number of aliphatic carboxylic acids is 1. The molecule has 0 aliphatic heterocycles. The number of hydrogen-bond donors (Lipinski definition) is 2. The Hall–Kier alpha value is -2.24. The summed E-state index contributed by atoms with van der Waals surface area (Å²) in [7, 11) is 3.04. The molecule has 114 valence electrons. The summed E-state index contributed by atoms with van der Waals surface area (Å²) in [5.74, 6) is -1.33. The predicted molar refractivity (Wildman–Crippen MR) is 76.6 cm³/mol. The monoisotopic (exact) mass is 293 g/mol. The van der Waals surface area contributed by atoms with Crippen molar-refractivity contribution in [2.45, 2.75) is 13.8 Å². The third-order valence-corrected chi connectivity index (χ3v) is 3.99. The highest BCUT2D eigenvalue weighted by molar-refractivity contribution is 5.99. The van der Waals surface area contributed by atoms with Crippen LogP contribution in [0, 0.1) is 17.3 Å². The van der Waals surface area contributed by atoms with Crippen LogP contribution < -0.4 is 14.8 Å². The maximum atomic E-state index is 12.2. The highest BCUT2D eigenvalue weighted by Gasteiger charge is 2.65. The zero-order valence-corrected chi connectivity index (χ0v) is 12.5. The van der Waals surface area contributed by atoms with Crippen molar-refractivity contribution in [2.24, 2.45) is 17.3 Å². The van der Waals surface area contributed by atoms with Crippen LogP contribution in [0.4, 0.5) is 5.69 Å². The van der Waals surface area contributed by atoms with Crippen molar-refractivity contribution in [1.29, 1.82) is 0 Å². The van der Waals surface area contributed by atoms with Crippen LogP contribution >= 0.6 is 0 Å². The molecule has 0 heterocycles. The molecule has 1 saturated carbocycles. The van der Waals surface area contributed by atoms with Crippen molar-refractivity contribution in [3.05, 3.63) is 18.2 Å². The van der Waals surface area contributed by atoms with Gasteiger partial charge in [0.15, 0.2) is 0 Å². The van der Waals surface area contributed by atoms with Crippen molar-refractivity contribution in [3.63, 3.8) is 0 Å². The molecule has 2 rings (SSSR count). The molecule has 21 heavy (non-hydrogen) atoms. The largest absolute Gasteiger partial charge is 0.497 e. The van der Waals surface area contributed by atoms with E-state index in [1.54, 1.807) is 32.0 Å². The maximum Gasteiger partial charge on any atom is 0.307 e. The second-order valence-electron chi connectivity index (χ2n) is 5.71. The summed E-state index contributed by atoms with van der Waals surface area (Å²) in [6, 6.07) is 5.01. The van der Waals surface area contributed by atoms with E-state index < -0.39 is 23.2 Å².